The van der Waals surface area contributed by atoms with E-state index >= 15 is 0 Å². The van der Waals surface area contributed by atoms with Gasteiger partial charge in [-0.1, -0.05) is 18.2 Å². The maximum atomic E-state index is 5.79. The minimum absolute atomic E-state index is 0.0549. The lowest BCUT2D eigenvalue weighted by Crippen LogP contribution is -2.30. The Hall–Kier alpha value is -3.58. The fraction of sp³-hybridized carbons (Fsp3) is 0.167. The summed E-state index contributed by atoms with van der Waals surface area (Å²) in [6.07, 6.45) is 9.43. The summed E-state index contributed by atoms with van der Waals surface area (Å²) >= 11 is 5.79. The molecule has 0 aliphatic carbocycles. The molecule has 4 aromatic rings. The zero-order valence-corrected chi connectivity index (χ0v) is 17.9. The number of pyridine rings is 3. The van der Waals surface area contributed by atoms with E-state index in [2.05, 4.69) is 54.0 Å². The molecule has 154 valence electrons. The fourth-order valence-corrected chi connectivity index (χ4v) is 4.34. The minimum atomic E-state index is -0.0792. The molecule has 1 aliphatic rings. The molecule has 1 N–H and O–H groups in total. The standard InChI is InChI=1S/C24H22N6S/c1-17-9-10-21(27-14-17)29-13-5-8-20(29)23-22(19-7-2-3-12-26-19)28-24(31)30(23)16-18-6-4-11-25-15-18/h2-15,22-23H,16H2,1H3,(H,28,31)/t22-,23-/m1/s1. The highest BCUT2D eigenvalue weighted by Gasteiger charge is 2.41. The van der Waals surface area contributed by atoms with Gasteiger partial charge < -0.3 is 14.8 Å². The molecule has 0 bridgehead atoms. The van der Waals surface area contributed by atoms with Crippen molar-refractivity contribution in [2.75, 3.05) is 0 Å². The highest BCUT2D eigenvalue weighted by atomic mass is 32.1. The molecule has 0 aromatic carbocycles. The van der Waals surface area contributed by atoms with Gasteiger partial charge in [0.15, 0.2) is 5.11 Å². The second-order valence-electron chi connectivity index (χ2n) is 7.61. The molecule has 0 radical (unpaired) electrons. The average Bonchev–Trinajstić information content (AvgIpc) is 3.40. The number of hydrogen-bond donors (Lipinski definition) is 1. The first-order chi connectivity index (χ1) is 15.2. The van der Waals surface area contributed by atoms with E-state index < -0.39 is 0 Å². The maximum absolute atomic E-state index is 5.79. The molecule has 0 unspecified atom stereocenters. The molecule has 1 aliphatic heterocycles. The second kappa shape index (κ2) is 8.28. The number of hydrogen-bond acceptors (Lipinski definition) is 4. The van der Waals surface area contributed by atoms with Crippen molar-refractivity contribution < 1.29 is 0 Å². The summed E-state index contributed by atoms with van der Waals surface area (Å²) in [5, 5.41) is 4.21. The van der Waals surface area contributed by atoms with Crippen LogP contribution in [0.2, 0.25) is 0 Å². The van der Waals surface area contributed by atoms with Crippen molar-refractivity contribution in [1.29, 1.82) is 0 Å². The van der Waals surface area contributed by atoms with E-state index in [1.807, 2.05) is 62.0 Å². The lowest BCUT2D eigenvalue weighted by molar-refractivity contribution is 0.302. The van der Waals surface area contributed by atoms with Crippen LogP contribution in [-0.4, -0.2) is 29.5 Å². The summed E-state index contributed by atoms with van der Waals surface area (Å²) in [4.78, 5) is 15.8. The minimum Gasteiger partial charge on any atom is -0.352 e. The Morgan fingerprint density at radius 3 is 2.65 bits per heavy atom. The summed E-state index contributed by atoms with van der Waals surface area (Å²) in [6.45, 7) is 2.69. The predicted octanol–water partition coefficient (Wildman–Crippen LogP) is 4.14. The van der Waals surface area contributed by atoms with Crippen molar-refractivity contribution in [3.05, 3.63) is 108 Å². The van der Waals surface area contributed by atoms with Gasteiger partial charge in [0.25, 0.3) is 0 Å². The van der Waals surface area contributed by atoms with Gasteiger partial charge in [-0.2, -0.15) is 0 Å². The van der Waals surface area contributed by atoms with E-state index in [0.717, 1.165) is 28.3 Å². The molecule has 4 aromatic heterocycles. The summed E-state index contributed by atoms with van der Waals surface area (Å²) in [7, 11) is 0. The van der Waals surface area contributed by atoms with E-state index in [1.165, 1.54) is 0 Å². The van der Waals surface area contributed by atoms with Gasteiger partial charge in [-0.25, -0.2) is 4.98 Å². The van der Waals surface area contributed by atoms with Gasteiger partial charge >= 0.3 is 0 Å². The quantitative estimate of drug-likeness (QED) is 0.484. The van der Waals surface area contributed by atoms with Crippen LogP contribution in [0.5, 0.6) is 0 Å². The van der Waals surface area contributed by atoms with Crippen LogP contribution in [0.1, 0.15) is 34.6 Å². The number of rotatable bonds is 5. The van der Waals surface area contributed by atoms with Crippen molar-refractivity contribution in [3.63, 3.8) is 0 Å². The van der Waals surface area contributed by atoms with Crippen LogP contribution in [-0.2, 0) is 6.54 Å². The molecular formula is C24H22N6S. The molecule has 0 saturated carbocycles. The molecule has 1 saturated heterocycles. The molecule has 31 heavy (non-hydrogen) atoms. The fourth-order valence-electron chi connectivity index (χ4n) is 4.03. The van der Waals surface area contributed by atoms with Gasteiger partial charge in [-0.15, -0.1) is 0 Å². The smallest absolute Gasteiger partial charge is 0.170 e. The SMILES string of the molecule is Cc1ccc(-n2cccc2[C@@H]2[C@@H](c3ccccn3)NC(=S)N2Cc2cccnc2)nc1. The molecule has 0 amide bonds. The van der Waals surface area contributed by atoms with Crippen LogP contribution in [0.25, 0.3) is 5.82 Å². The highest BCUT2D eigenvalue weighted by molar-refractivity contribution is 7.80. The van der Waals surface area contributed by atoms with Crippen molar-refractivity contribution in [3.8, 4) is 5.82 Å². The van der Waals surface area contributed by atoms with E-state index in [-0.39, 0.29) is 12.1 Å². The van der Waals surface area contributed by atoms with Crippen LogP contribution < -0.4 is 5.32 Å². The predicted molar refractivity (Wildman–Crippen MR) is 124 cm³/mol. The number of thiocarbonyl (C=S) groups is 1. The second-order valence-corrected chi connectivity index (χ2v) is 8.00. The number of aryl methyl sites for hydroxylation is 1. The van der Waals surface area contributed by atoms with E-state index in [0.29, 0.717) is 11.7 Å². The molecule has 6 nitrogen and oxygen atoms in total. The number of aromatic nitrogens is 4. The van der Waals surface area contributed by atoms with E-state index in [9.17, 15) is 0 Å². The third-order valence-corrected chi connectivity index (χ3v) is 5.85. The van der Waals surface area contributed by atoms with Crippen LogP contribution >= 0.6 is 12.2 Å². The van der Waals surface area contributed by atoms with Crippen molar-refractivity contribution in [2.45, 2.75) is 25.6 Å². The Labute approximate surface area is 186 Å². The van der Waals surface area contributed by atoms with Gasteiger partial charge in [0.1, 0.15) is 5.82 Å². The van der Waals surface area contributed by atoms with Gasteiger partial charge in [0, 0.05) is 43.2 Å². The van der Waals surface area contributed by atoms with Gasteiger partial charge in [0.05, 0.1) is 17.8 Å². The monoisotopic (exact) mass is 426 g/mol. The van der Waals surface area contributed by atoms with Crippen molar-refractivity contribution in [1.82, 2.24) is 29.7 Å². The Morgan fingerprint density at radius 1 is 0.968 bits per heavy atom. The zero-order valence-electron chi connectivity index (χ0n) is 17.1. The number of nitrogens with one attached hydrogen (secondary N) is 1. The summed E-state index contributed by atoms with van der Waals surface area (Å²) in [5.41, 5.74) is 4.28. The highest BCUT2D eigenvalue weighted by Crippen LogP contribution is 2.40. The molecule has 7 heteroatoms. The largest absolute Gasteiger partial charge is 0.352 e. The Morgan fingerprint density at radius 2 is 1.90 bits per heavy atom. The average molecular weight is 427 g/mol. The normalized spacial score (nSPS) is 18.2. The van der Waals surface area contributed by atoms with Crippen LogP contribution in [0.15, 0.2) is 85.6 Å². The molecule has 0 spiro atoms. The van der Waals surface area contributed by atoms with Crippen molar-refractivity contribution >= 4 is 17.3 Å². The maximum Gasteiger partial charge on any atom is 0.170 e. The summed E-state index contributed by atoms with van der Waals surface area (Å²) in [5.74, 6) is 0.879. The van der Waals surface area contributed by atoms with Crippen LogP contribution in [0.3, 0.4) is 0 Å². The Kier molecular flexibility index (Phi) is 5.18. The van der Waals surface area contributed by atoms with Crippen LogP contribution in [0, 0.1) is 6.92 Å². The molecule has 5 heterocycles. The Bertz CT molecular complexity index is 1170. The molecular weight excluding hydrogens is 404 g/mol. The molecule has 5 rings (SSSR count). The molecule has 1 fully saturated rings. The van der Waals surface area contributed by atoms with Crippen LogP contribution in [0.4, 0.5) is 0 Å². The third kappa shape index (κ3) is 3.80. The van der Waals surface area contributed by atoms with E-state index in [1.54, 1.807) is 6.20 Å². The van der Waals surface area contributed by atoms with Crippen molar-refractivity contribution in [2.24, 2.45) is 0 Å². The van der Waals surface area contributed by atoms with E-state index in [4.69, 9.17) is 12.2 Å². The first kappa shape index (κ1) is 19.4. The number of nitrogens with zero attached hydrogens (tertiary/aromatic N) is 5. The summed E-state index contributed by atoms with van der Waals surface area (Å²) in [6, 6.07) is 18.2. The first-order valence-corrected chi connectivity index (χ1v) is 10.6. The van der Waals surface area contributed by atoms with Gasteiger partial charge in [-0.05, 0) is 66.7 Å². The topological polar surface area (TPSA) is 58.9 Å². The van der Waals surface area contributed by atoms with Gasteiger partial charge in [-0.3, -0.25) is 9.97 Å². The molecule has 2 atom stereocenters. The zero-order chi connectivity index (χ0) is 21.2. The first-order valence-electron chi connectivity index (χ1n) is 10.2. The third-order valence-electron chi connectivity index (χ3n) is 5.50. The summed E-state index contributed by atoms with van der Waals surface area (Å²) < 4.78 is 2.13. The lowest BCUT2D eigenvalue weighted by atomic mass is 10.0. The van der Waals surface area contributed by atoms with Gasteiger partial charge in [0.2, 0.25) is 0 Å². The Balaban J connectivity index is 1.60. The lowest BCUT2D eigenvalue weighted by Gasteiger charge is -2.28.